The number of imidazole rings is 1. The van der Waals surface area contributed by atoms with Crippen molar-refractivity contribution in [1.29, 1.82) is 0 Å². The lowest BCUT2D eigenvalue weighted by Gasteiger charge is -2.26. The summed E-state index contributed by atoms with van der Waals surface area (Å²) < 4.78 is 15.8. The average molecular weight is 315 g/mol. The van der Waals surface area contributed by atoms with Crippen LogP contribution in [-0.4, -0.2) is 33.9 Å². The van der Waals surface area contributed by atoms with Gasteiger partial charge in [-0.25, -0.2) is 14.1 Å². The fourth-order valence-electron chi connectivity index (χ4n) is 2.86. The van der Waals surface area contributed by atoms with Crippen molar-refractivity contribution in [3.63, 3.8) is 0 Å². The third-order valence-corrected chi connectivity index (χ3v) is 4.09. The zero-order valence-corrected chi connectivity index (χ0v) is 13.4. The van der Waals surface area contributed by atoms with Gasteiger partial charge in [0.05, 0.1) is 18.1 Å². The molecular weight excluding hydrogens is 293 g/mol. The number of nitrogens with zero attached hydrogens (tertiary/aromatic N) is 4. The molecular formula is C17H22FN5. The van der Waals surface area contributed by atoms with Crippen LogP contribution in [0.4, 0.5) is 10.3 Å². The van der Waals surface area contributed by atoms with Crippen molar-refractivity contribution in [3.05, 3.63) is 47.0 Å². The van der Waals surface area contributed by atoms with Gasteiger partial charge in [0, 0.05) is 12.1 Å². The molecule has 2 N–H and O–H groups in total. The number of aromatic nitrogens is 2. The highest BCUT2D eigenvalue weighted by molar-refractivity contribution is 5.79. The highest BCUT2D eigenvalue weighted by Crippen LogP contribution is 2.16. The fourth-order valence-corrected chi connectivity index (χ4v) is 2.86. The lowest BCUT2D eigenvalue weighted by atomic mass is 10.1. The Morgan fingerprint density at radius 2 is 2.09 bits per heavy atom. The standard InChI is InChI=1S/C17H22FN5/c1-13-11-23(17(19)21-13)20-10-14-5-6-15(16(18)9-14)12-22-7-3-2-4-8-22/h5-6,9-11H,2-4,7-8,12H2,1H3,(H2,19,21). The van der Waals surface area contributed by atoms with Crippen molar-refractivity contribution in [2.45, 2.75) is 32.7 Å². The molecule has 0 saturated carbocycles. The predicted octanol–water partition coefficient (Wildman–Crippen LogP) is 2.78. The molecule has 0 aliphatic carbocycles. The third kappa shape index (κ3) is 3.96. The minimum absolute atomic E-state index is 0.186. The van der Waals surface area contributed by atoms with Crippen LogP contribution in [0, 0.1) is 12.7 Å². The lowest BCUT2D eigenvalue weighted by Crippen LogP contribution is -2.29. The third-order valence-electron chi connectivity index (χ3n) is 4.09. The summed E-state index contributed by atoms with van der Waals surface area (Å²) in [5.41, 5.74) is 7.96. The van der Waals surface area contributed by atoms with Crippen LogP contribution >= 0.6 is 0 Å². The van der Waals surface area contributed by atoms with E-state index < -0.39 is 0 Å². The molecule has 2 aromatic rings. The Morgan fingerprint density at radius 3 is 2.74 bits per heavy atom. The Labute approximate surface area is 135 Å². The molecule has 5 nitrogen and oxygen atoms in total. The monoisotopic (exact) mass is 315 g/mol. The number of halogens is 1. The number of hydrogen-bond acceptors (Lipinski definition) is 4. The molecule has 23 heavy (non-hydrogen) atoms. The molecule has 1 fully saturated rings. The molecule has 0 radical (unpaired) electrons. The van der Waals surface area contributed by atoms with E-state index in [1.54, 1.807) is 12.4 Å². The summed E-state index contributed by atoms with van der Waals surface area (Å²) in [5.74, 6) is 0.134. The molecule has 0 atom stereocenters. The van der Waals surface area contributed by atoms with Gasteiger partial charge in [0.15, 0.2) is 0 Å². The molecule has 1 aliphatic heterocycles. The van der Waals surface area contributed by atoms with E-state index in [1.807, 2.05) is 19.1 Å². The van der Waals surface area contributed by atoms with Crippen LogP contribution in [-0.2, 0) is 6.54 Å². The van der Waals surface area contributed by atoms with Gasteiger partial charge >= 0.3 is 0 Å². The van der Waals surface area contributed by atoms with Crippen molar-refractivity contribution >= 4 is 12.2 Å². The number of rotatable bonds is 4. The molecule has 1 aromatic carbocycles. The second-order valence-electron chi connectivity index (χ2n) is 6.02. The van der Waals surface area contributed by atoms with Gasteiger partial charge in [-0.3, -0.25) is 4.90 Å². The SMILES string of the molecule is Cc1cn(N=Cc2ccc(CN3CCCCC3)c(F)c2)c(N)n1. The van der Waals surface area contributed by atoms with Crippen molar-refractivity contribution in [2.75, 3.05) is 18.8 Å². The van der Waals surface area contributed by atoms with Crippen LogP contribution in [0.25, 0.3) is 0 Å². The summed E-state index contributed by atoms with van der Waals surface area (Å²) in [6, 6.07) is 5.24. The molecule has 1 aromatic heterocycles. The first-order valence-electron chi connectivity index (χ1n) is 7.98. The van der Waals surface area contributed by atoms with Crippen LogP contribution in [0.2, 0.25) is 0 Å². The van der Waals surface area contributed by atoms with Gasteiger partial charge in [0.1, 0.15) is 5.82 Å². The summed E-state index contributed by atoms with van der Waals surface area (Å²) >= 11 is 0. The maximum atomic E-state index is 14.3. The van der Waals surface area contributed by atoms with Crippen LogP contribution in [0.1, 0.15) is 36.1 Å². The van der Waals surface area contributed by atoms with Gasteiger partial charge in [-0.1, -0.05) is 18.6 Å². The minimum Gasteiger partial charge on any atom is -0.368 e. The zero-order chi connectivity index (χ0) is 16.2. The van der Waals surface area contributed by atoms with Gasteiger partial charge in [0.2, 0.25) is 5.95 Å². The molecule has 0 unspecified atom stereocenters. The largest absolute Gasteiger partial charge is 0.368 e. The highest BCUT2D eigenvalue weighted by atomic mass is 19.1. The quantitative estimate of drug-likeness (QED) is 0.883. The summed E-state index contributed by atoms with van der Waals surface area (Å²) in [5, 5.41) is 4.21. The Morgan fingerprint density at radius 1 is 1.30 bits per heavy atom. The number of nitrogens with two attached hydrogens (primary N) is 1. The van der Waals surface area contributed by atoms with Crippen molar-refractivity contribution in [2.24, 2.45) is 5.10 Å². The zero-order valence-electron chi connectivity index (χ0n) is 13.4. The summed E-state index contributed by atoms with van der Waals surface area (Å²) in [4.78, 5) is 6.38. The van der Waals surface area contributed by atoms with Gasteiger partial charge in [-0.15, -0.1) is 0 Å². The summed E-state index contributed by atoms with van der Waals surface area (Å²) in [6.07, 6.45) is 7.01. The maximum Gasteiger partial charge on any atom is 0.221 e. The average Bonchev–Trinajstić information content (AvgIpc) is 2.86. The number of hydrogen-bond donors (Lipinski definition) is 1. The smallest absolute Gasteiger partial charge is 0.221 e. The topological polar surface area (TPSA) is 59.4 Å². The number of nitrogen functional groups attached to an aromatic ring is 1. The van der Waals surface area contributed by atoms with E-state index in [-0.39, 0.29) is 5.82 Å². The van der Waals surface area contributed by atoms with E-state index >= 15 is 0 Å². The molecule has 1 saturated heterocycles. The lowest BCUT2D eigenvalue weighted by molar-refractivity contribution is 0.218. The van der Waals surface area contributed by atoms with Crippen LogP contribution < -0.4 is 5.73 Å². The first-order valence-corrected chi connectivity index (χ1v) is 7.98. The number of benzene rings is 1. The predicted molar refractivity (Wildman–Crippen MR) is 89.9 cm³/mol. The number of aryl methyl sites for hydroxylation is 1. The van der Waals surface area contributed by atoms with Crippen molar-refractivity contribution in [3.8, 4) is 0 Å². The molecule has 1 aliphatic rings. The Hall–Kier alpha value is -2.21. The maximum absolute atomic E-state index is 14.3. The van der Waals surface area contributed by atoms with Gasteiger partial charge in [-0.2, -0.15) is 5.10 Å². The molecule has 122 valence electrons. The molecule has 0 amide bonds. The minimum atomic E-state index is -0.186. The second-order valence-corrected chi connectivity index (χ2v) is 6.02. The first kappa shape index (κ1) is 15.7. The van der Waals surface area contributed by atoms with E-state index in [4.69, 9.17) is 5.73 Å². The Kier molecular flexibility index (Phi) is 4.71. The van der Waals surface area contributed by atoms with Crippen molar-refractivity contribution in [1.82, 2.24) is 14.6 Å². The van der Waals surface area contributed by atoms with Crippen LogP contribution in [0.3, 0.4) is 0 Å². The van der Waals surface area contributed by atoms with E-state index in [9.17, 15) is 4.39 Å². The first-order chi connectivity index (χ1) is 11.1. The van der Waals surface area contributed by atoms with E-state index in [0.717, 1.165) is 24.3 Å². The van der Waals surface area contributed by atoms with Gasteiger partial charge in [0.25, 0.3) is 0 Å². The number of piperidine rings is 1. The molecule has 3 rings (SSSR count). The normalized spacial score (nSPS) is 16.3. The van der Waals surface area contributed by atoms with Gasteiger partial charge in [-0.05, 0) is 44.5 Å². The Balaban J connectivity index is 1.70. The van der Waals surface area contributed by atoms with Crippen LogP contribution in [0.5, 0.6) is 0 Å². The number of likely N-dealkylation sites (tertiary alicyclic amines) is 1. The molecule has 0 spiro atoms. The molecule has 6 heteroatoms. The van der Waals surface area contributed by atoms with Crippen LogP contribution in [0.15, 0.2) is 29.5 Å². The van der Waals surface area contributed by atoms with E-state index in [1.165, 1.54) is 30.0 Å². The van der Waals surface area contributed by atoms with E-state index in [0.29, 0.717) is 18.1 Å². The number of anilines is 1. The second kappa shape index (κ2) is 6.91. The van der Waals surface area contributed by atoms with E-state index in [2.05, 4.69) is 15.0 Å². The summed E-state index contributed by atoms with van der Waals surface area (Å²) in [7, 11) is 0. The molecule has 2 heterocycles. The fraction of sp³-hybridized carbons (Fsp3) is 0.412. The highest BCUT2D eigenvalue weighted by Gasteiger charge is 2.12. The van der Waals surface area contributed by atoms with Crippen molar-refractivity contribution < 1.29 is 4.39 Å². The molecule has 0 bridgehead atoms. The Bertz CT molecular complexity index is 701. The van der Waals surface area contributed by atoms with Gasteiger partial charge < -0.3 is 5.73 Å². The summed E-state index contributed by atoms with van der Waals surface area (Å²) in [6.45, 7) is 4.64.